The molecule has 2 N–H and O–H groups in total. The van der Waals surface area contributed by atoms with Gasteiger partial charge < -0.3 is 5.32 Å². The Morgan fingerprint density at radius 3 is 2.24 bits per heavy atom. The van der Waals surface area contributed by atoms with Crippen LogP contribution >= 0.6 is 12.2 Å². The molecule has 0 saturated heterocycles. The van der Waals surface area contributed by atoms with E-state index in [-0.39, 0.29) is 0 Å². The molecular weight excluding hydrogens is 278 g/mol. The molecule has 0 aliphatic heterocycles. The molecule has 0 bridgehead atoms. The maximum absolute atomic E-state index is 5.26. The second-order valence-electron chi connectivity index (χ2n) is 5.00. The van der Waals surface area contributed by atoms with E-state index >= 15 is 0 Å². The highest BCUT2D eigenvalue weighted by Crippen LogP contribution is 2.19. The fraction of sp³-hybridized carbons (Fsp3) is 0.176. The molecule has 0 amide bonds. The van der Waals surface area contributed by atoms with Gasteiger partial charge in [-0.15, -0.1) is 0 Å². The van der Waals surface area contributed by atoms with Gasteiger partial charge >= 0.3 is 0 Å². The number of hydrogen-bond donors (Lipinski definition) is 2. The van der Waals surface area contributed by atoms with Crippen molar-refractivity contribution in [2.75, 3.05) is 5.32 Å². The van der Waals surface area contributed by atoms with Crippen LogP contribution in [0.5, 0.6) is 0 Å². The van der Waals surface area contributed by atoms with Crippen LogP contribution in [0.25, 0.3) is 0 Å². The molecule has 0 aliphatic rings. The molecule has 0 atom stereocenters. The Bertz CT molecular complexity index is 640. The standard InChI is InChI=1S/C17H19N3S/c1-12-7-9-15(10-8-12)11-18-20-17(21)19-16-13(2)5-4-6-14(16)3/h4-11H,1-3H3,(H2,19,20,21)/b18-11+. The van der Waals surface area contributed by atoms with Gasteiger partial charge in [-0.25, -0.2) is 0 Å². The summed E-state index contributed by atoms with van der Waals surface area (Å²) >= 11 is 5.26. The summed E-state index contributed by atoms with van der Waals surface area (Å²) in [5.41, 5.74) is 8.43. The number of anilines is 1. The largest absolute Gasteiger partial charge is 0.331 e. The van der Waals surface area contributed by atoms with E-state index < -0.39 is 0 Å². The van der Waals surface area contributed by atoms with Crippen molar-refractivity contribution in [2.24, 2.45) is 5.10 Å². The van der Waals surface area contributed by atoms with E-state index in [1.54, 1.807) is 6.21 Å². The number of nitrogens with zero attached hydrogens (tertiary/aromatic N) is 1. The lowest BCUT2D eigenvalue weighted by Crippen LogP contribution is -2.24. The zero-order valence-corrected chi connectivity index (χ0v) is 13.3. The third kappa shape index (κ3) is 4.39. The number of benzene rings is 2. The Morgan fingerprint density at radius 2 is 1.62 bits per heavy atom. The molecule has 0 fully saturated rings. The second kappa shape index (κ2) is 6.99. The van der Waals surface area contributed by atoms with Crippen molar-refractivity contribution in [1.29, 1.82) is 0 Å². The highest BCUT2D eigenvalue weighted by Gasteiger charge is 2.03. The molecular formula is C17H19N3S. The number of aryl methyl sites for hydroxylation is 3. The first-order chi connectivity index (χ1) is 10.1. The van der Waals surface area contributed by atoms with Gasteiger partial charge in [-0.1, -0.05) is 48.0 Å². The lowest BCUT2D eigenvalue weighted by molar-refractivity contribution is 1.05. The van der Waals surface area contributed by atoms with Crippen molar-refractivity contribution >= 4 is 29.2 Å². The number of hydrazone groups is 1. The van der Waals surface area contributed by atoms with E-state index in [2.05, 4.69) is 34.9 Å². The van der Waals surface area contributed by atoms with Crippen LogP contribution in [-0.2, 0) is 0 Å². The molecule has 2 aromatic rings. The number of hydrogen-bond acceptors (Lipinski definition) is 2. The average Bonchev–Trinajstić information content (AvgIpc) is 2.45. The zero-order valence-electron chi connectivity index (χ0n) is 12.5. The van der Waals surface area contributed by atoms with Crippen LogP contribution in [0.2, 0.25) is 0 Å². The van der Waals surface area contributed by atoms with Crippen LogP contribution in [-0.4, -0.2) is 11.3 Å². The highest BCUT2D eigenvalue weighted by molar-refractivity contribution is 7.80. The summed E-state index contributed by atoms with van der Waals surface area (Å²) in [4.78, 5) is 0. The van der Waals surface area contributed by atoms with Crippen LogP contribution in [0.15, 0.2) is 47.6 Å². The molecule has 0 aliphatic carbocycles. The van der Waals surface area contributed by atoms with E-state index in [0.29, 0.717) is 5.11 Å². The molecule has 0 radical (unpaired) electrons. The maximum Gasteiger partial charge on any atom is 0.191 e. The summed E-state index contributed by atoms with van der Waals surface area (Å²) < 4.78 is 0. The fourth-order valence-electron chi connectivity index (χ4n) is 1.97. The first-order valence-electron chi connectivity index (χ1n) is 6.79. The Hall–Kier alpha value is -2.20. The van der Waals surface area contributed by atoms with Gasteiger partial charge in [0.2, 0.25) is 0 Å². The van der Waals surface area contributed by atoms with Crippen molar-refractivity contribution in [3.05, 3.63) is 64.7 Å². The molecule has 0 heterocycles. The maximum atomic E-state index is 5.26. The van der Waals surface area contributed by atoms with Gasteiger partial charge in [-0.05, 0) is 49.7 Å². The Labute approximate surface area is 131 Å². The summed E-state index contributed by atoms with van der Waals surface area (Å²) in [6, 6.07) is 14.3. The molecule has 4 heteroatoms. The molecule has 0 spiro atoms. The third-order valence-corrected chi connectivity index (χ3v) is 3.37. The van der Waals surface area contributed by atoms with Crippen LogP contribution < -0.4 is 10.7 Å². The van der Waals surface area contributed by atoms with Crippen molar-refractivity contribution in [1.82, 2.24) is 5.43 Å². The molecule has 0 saturated carbocycles. The predicted molar refractivity (Wildman–Crippen MR) is 94.0 cm³/mol. The van der Waals surface area contributed by atoms with E-state index in [0.717, 1.165) is 22.4 Å². The SMILES string of the molecule is Cc1ccc(/C=N/NC(=S)Nc2c(C)cccc2C)cc1. The molecule has 3 nitrogen and oxygen atoms in total. The van der Waals surface area contributed by atoms with E-state index in [1.165, 1.54) is 5.56 Å². The molecule has 0 aromatic heterocycles. The van der Waals surface area contributed by atoms with Gasteiger partial charge in [-0.3, -0.25) is 5.43 Å². The lowest BCUT2D eigenvalue weighted by atomic mass is 10.1. The van der Waals surface area contributed by atoms with E-state index in [9.17, 15) is 0 Å². The van der Waals surface area contributed by atoms with Crippen molar-refractivity contribution in [3.63, 3.8) is 0 Å². The van der Waals surface area contributed by atoms with Gasteiger partial charge in [0.25, 0.3) is 0 Å². The summed E-state index contributed by atoms with van der Waals surface area (Å²) in [5, 5.41) is 7.81. The highest BCUT2D eigenvalue weighted by atomic mass is 32.1. The minimum atomic E-state index is 0.482. The normalized spacial score (nSPS) is 10.6. The Kier molecular flexibility index (Phi) is 5.06. The topological polar surface area (TPSA) is 36.4 Å². The minimum absolute atomic E-state index is 0.482. The first-order valence-corrected chi connectivity index (χ1v) is 7.20. The molecule has 21 heavy (non-hydrogen) atoms. The molecule has 2 rings (SSSR count). The van der Waals surface area contributed by atoms with Gasteiger partial charge in [0.05, 0.1) is 6.21 Å². The summed E-state index contributed by atoms with van der Waals surface area (Å²) in [6.45, 7) is 6.16. The smallest absolute Gasteiger partial charge is 0.191 e. The summed E-state index contributed by atoms with van der Waals surface area (Å²) in [7, 11) is 0. The van der Waals surface area contributed by atoms with Crippen LogP contribution in [0, 0.1) is 20.8 Å². The van der Waals surface area contributed by atoms with Crippen molar-refractivity contribution in [3.8, 4) is 0 Å². The van der Waals surface area contributed by atoms with Gasteiger partial charge in [0.1, 0.15) is 0 Å². The number of thiocarbonyl (C=S) groups is 1. The van der Waals surface area contributed by atoms with Gasteiger partial charge in [0, 0.05) is 5.69 Å². The average molecular weight is 297 g/mol. The van der Waals surface area contributed by atoms with Crippen LogP contribution in [0.1, 0.15) is 22.3 Å². The van der Waals surface area contributed by atoms with Gasteiger partial charge in [-0.2, -0.15) is 5.10 Å². The Balaban J connectivity index is 1.95. The quantitative estimate of drug-likeness (QED) is 0.512. The second-order valence-corrected chi connectivity index (χ2v) is 5.41. The third-order valence-electron chi connectivity index (χ3n) is 3.18. The minimum Gasteiger partial charge on any atom is -0.331 e. The van der Waals surface area contributed by atoms with Crippen LogP contribution in [0.3, 0.4) is 0 Å². The summed E-state index contributed by atoms with van der Waals surface area (Å²) in [5.74, 6) is 0. The lowest BCUT2D eigenvalue weighted by Gasteiger charge is -2.12. The molecule has 108 valence electrons. The van der Waals surface area contributed by atoms with Crippen molar-refractivity contribution in [2.45, 2.75) is 20.8 Å². The van der Waals surface area contributed by atoms with E-state index in [4.69, 9.17) is 12.2 Å². The number of rotatable bonds is 3. The predicted octanol–water partition coefficient (Wildman–Crippen LogP) is 3.93. The molecule has 0 unspecified atom stereocenters. The molecule has 2 aromatic carbocycles. The van der Waals surface area contributed by atoms with Crippen molar-refractivity contribution < 1.29 is 0 Å². The fourth-order valence-corrected chi connectivity index (χ4v) is 2.13. The monoisotopic (exact) mass is 297 g/mol. The van der Waals surface area contributed by atoms with Crippen LogP contribution in [0.4, 0.5) is 5.69 Å². The van der Waals surface area contributed by atoms with E-state index in [1.807, 2.05) is 44.2 Å². The number of para-hydroxylation sites is 1. The van der Waals surface area contributed by atoms with Gasteiger partial charge in [0.15, 0.2) is 5.11 Å². The summed E-state index contributed by atoms with van der Waals surface area (Å²) in [6.07, 6.45) is 1.75. The Morgan fingerprint density at radius 1 is 1.00 bits per heavy atom. The number of nitrogens with one attached hydrogen (secondary N) is 2. The zero-order chi connectivity index (χ0) is 15.2. The first kappa shape index (κ1) is 15.2.